The minimum atomic E-state index is -0.0698. The van der Waals surface area contributed by atoms with Crippen LogP contribution in [0, 0.1) is 0 Å². The van der Waals surface area contributed by atoms with Crippen molar-refractivity contribution < 1.29 is 0 Å². The number of halogens is 1. The Morgan fingerprint density at radius 2 is 2.14 bits per heavy atom. The number of hydrogen-bond donors (Lipinski definition) is 0. The van der Waals surface area contributed by atoms with Crippen LogP contribution in [0.2, 0.25) is 4.34 Å². The summed E-state index contributed by atoms with van der Waals surface area (Å²) in [6.45, 7) is 4.48. The third kappa shape index (κ3) is 3.69. The lowest BCUT2D eigenvalue weighted by molar-refractivity contribution is 0.360. The number of nitrogens with zero attached hydrogens (tertiary/aromatic N) is 4. The number of hydrogen-bond acceptors (Lipinski definition) is 5. The van der Waals surface area contributed by atoms with Gasteiger partial charge < -0.3 is 9.80 Å². The van der Waals surface area contributed by atoms with E-state index in [0.29, 0.717) is 6.54 Å². The lowest BCUT2D eigenvalue weighted by Crippen LogP contribution is -2.31. The average molecular weight is 339 g/mol. The molecule has 0 bridgehead atoms. The van der Waals surface area contributed by atoms with Crippen molar-refractivity contribution >= 4 is 28.6 Å². The second-order valence-corrected chi connectivity index (χ2v) is 7.36. The Morgan fingerprint density at radius 1 is 1.27 bits per heavy atom. The van der Waals surface area contributed by atoms with Gasteiger partial charge in [0.15, 0.2) is 0 Å². The fraction of sp³-hybridized carbons (Fsp3) is 0.467. The minimum absolute atomic E-state index is 0.0698. The van der Waals surface area contributed by atoms with E-state index in [1.165, 1.54) is 16.0 Å². The Labute approximate surface area is 138 Å². The molecule has 0 amide bonds. The highest BCUT2D eigenvalue weighted by atomic mass is 35.5. The Morgan fingerprint density at radius 3 is 2.86 bits per heavy atom. The number of rotatable bonds is 3. The highest BCUT2D eigenvalue weighted by Crippen LogP contribution is 2.21. The lowest BCUT2D eigenvalue weighted by Gasteiger charge is -2.22. The van der Waals surface area contributed by atoms with Crippen molar-refractivity contribution in [1.29, 1.82) is 0 Å². The quantitative estimate of drug-likeness (QED) is 0.860. The van der Waals surface area contributed by atoms with Gasteiger partial charge in [0.05, 0.1) is 22.8 Å². The second-order valence-electron chi connectivity index (χ2n) is 5.56. The predicted molar refractivity (Wildman–Crippen MR) is 91.3 cm³/mol. The van der Waals surface area contributed by atoms with Gasteiger partial charge in [0.25, 0.3) is 5.56 Å². The molecule has 0 aliphatic carbocycles. The summed E-state index contributed by atoms with van der Waals surface area (Å²) in [6.07, 6.45) is 2.90. The molecular weight excluding hydrogens is 320 g/mol. The van der Waals surface area contributed by atoms with E-state index in [9.17, 15) is 4.79 Å². The van der Waals surface area contributed by atoms with E-state index >= 15 is 0 Å². The van der Waals surface area contributed by atoms with Gasteiger partial charge in [-0.15, -0.1) is 11.3 Å². The first kappa shape index (κ1) is 15.5. The summed E-state index contributed by atoms with van der Waals surface area (Å²) in [6, 6.07) is 5.46. The molecule has 1 fully saturated rings. The molecule has 0 atom stereocenters. The van der Waals surface area contributed by atoms with Crippen LogP contribution >= 0.6 is 22.9 Å². The molecule has 0 saturated carbocycles. The number of aromatic nitrogens is 2. The van der Waals surface area contributed by atoms with Crippen molar-refractivity contribution in [2.75, 3.05) is 38.1 Å². The molecule has 2 aromatic heterocycles. The number of likely N-dealkylation sites (N-methyl/N-ethyl adjacent to an activating group) is 1. The molecule has 22 heavy (non-hydrogen) atoms. The van der Waals surface area contributed by atoms with Gasteiger partial charge in [-0.3, -0.25) is 4.79 Å². The first-order chi connectivity index (χ1) is 10.6. The maximum atomic E-state index is 12.3. The normalized spacial score (nSPS) is 16.7. The fourth-order valence-electron chi connectivity index (χ4n) is 2.60. The highest BCUT2D eigenvalue weighted by molar-refractivity contribution is 7.16. The van der Waals surface area contributed by atoms with Gasteiger partial charge in [-0.25, -0.2) is 4.68 Å². The molecule has 1 aliphatic rings. The topological polar surface area (TPSA) is 41.4 Å². The minimum Gasteiger partial charge on any atom is -0.369 e. The number of thiophene rings is 1. The van der Waals surface area contributed by atoms with Crippen LogP contribution in [0.1, 0.15) is 11.3 Å². The Bertz CT molecular complexity index is 699. The fourth-order valence-corrected chi connectivity index (χ4v) is 3.67. The molecule has 3 rings (SSSR count). The van der Waals surface area contributed by atoms with Crippen molar-refractivity contribution in [1.82, 2.24) is 14.7 Å². The standard InChI is InChI=1S/C15H19ClN4OS/c1-18-5-2-6-19(8-7-18)12-9-15(21)20(17-10-12)11-13-3-4-14(16)22-13/h3-4,9-10H,2,5-8,11H2,1H3. The van der Waals surface area contributed by atoms with E-state index in [1.807, 2.05) is 12.1 Å². The van der Waals surface area contributed by atoms with Crippen molar-refractivity contribution in [3.63, 3.8) is 0 Å². The average Bonchev–Trinajstić information content (AvgIpc) is 2.77. The molecule has 0 aromatic carbocycles. The smallest absolute Gasteiger partial charge is 0.269 e. The first-order valence-corrected chi connectivity index (χ1v) is 8.56. The summed E-state index contributed by atoms with van der Waals surface area (Å²) < 4.78 is 2.21. The Hall–Kier alpha value is -1.37. The van der Waals surface area contributed by atoms with Crippen LogP contribution in [0.5, 0.6) is 0 Å². The monoisotopic (exact) mass is 338 g/mol. The molecule has 118 valence electrons. The van der Waals surface area contributed by atoms with E-state index in [-0.39, 0.29) is 5.56 Å². The van der Waals surface area contributed by atoms with Crippen molar-refractivity contribution in [2.45, 2.75) is 13.0 Å². The van der Waals surface area contributed by atoms with E-state index in [0.717, 1.165) is 47.5 Å². The highest BCUT2D eigenvalue weighted by Gasteiger charge is 2.14. The van der Waals surface area contributed by atoms with Gasteiger partial charge in [0.1, 0.15) is 0 Å². The Balaban J connectivity index is 1.75. The van der Waals surface area contributed by atoms with Crippen LogP contribution in [0.15, 0.2) is 29.2 Å². The van der Waals surface area contributed by atoms with Gasteiger partial charge >= 0.3 is 0 Å². The van der Waals surface area contributed by atoms with Gasteiger partial charge in [-0.1, -0.05) is 11.6 Å². The van der Waals surface area contributed by atoms with Crippen molar-refractivity contribution in [3.05, 3.63) is 44.0 Å². The molecule has 0 N–H and O–H groups in total. The molecule has 0 unspecified atom stereocenters. The summed E-state index contributed by atoms with van der Waals surface area (Å²) in [5.41, 5.74) is 0.848. The predicted octanol–water partition coefficient (Wildman–Crippen LogP) is 2.15. The van der Waals surface area contributed by atoms with Crippen LogP contribution < -0.4 is 10.5 Å². The largest absolute Gasteiger partial charge is 0.369 e. The van der Waals surface area contributed by atoms with Crippen LogP contribution in [0.25, 0.3) is 0 Å². The van der Waals surface area contributed by atoms with Crippen LogP contribution in [-0.2, 0) is 6.54 Å². The SMILES string of the molecule is CN1CCCN(c2cnn(Cc3ccc(Cl)s3)c(=O)c2)CC1. The maximum absolute atomic E-state index is 12.3. The van der Waals surface area contributed by atoms with E-state index in [1.54, 1.807) is 12.3 Å². The van der Waals surface area contributed by atoms with Gasteiger partial charge in [-0.05, 0) is 32.1 Å². The van der Waals surface area contributed by atoms with Crippen molar-refractivity contribution in [3.8, 4) is 0 Å². The Kier molecular flexibility index (Phi) is 4.81. The zero-order valence-corrected chi connectivity index (χ0v) is 14.1. The zero-order valence-electron chi connectivity index (χ0n) is 12.5. The zero-order chi connectivity index (χ0) is 15.5. The van der Waals surface area contributed by atoms with Crippen molar-refractivity contribution in [2.24, 2.45) is 0 Å². The first-order valence-electron chi connectivity index (χ1n) is 7.37. The molecule has 3 heterocycles. The van der Waals surface area contributed by atoms with Crippen LogP contribution in [0.3, 0.4) is 0 Å². The summed E-state index contributed by atoms with van der Waals surface area (Å²) in [4.78, 5) is 17.9. The molecule has 7 heteroatoms. The van der Waals surface area contributed by atoms with E-state index in [2.05, 4.69) is 21.9 Å². The van der Waals surface area contributed by atoms with Crippen LogP contribution in [0.4, 0.5) is 5.69 Å². The summed E-state index contributed by atoms with van der Waals surface area (Å²) >= 11 is 7.40. The van der Waals surface area contributed by atoms with E-state index < -0.39 is 0 Å². The summed E-state index contributed by atoms with van der Waals surface area (Å²) in [7, 11) is 2.13. The second kappa shape index (κ2) is 6.81. The van der Waals surface area contributed by atoms with E-state index in [4.69, 9.17) is 11.6 Å². The molecule has 2 aromatic rings. The number of anilines is 1. The van der Waals surface area contributed by atoms with Gasteiger partial charge in [0, 0.05) is 30.6 Å². The summed E-state index contributed by atoms with van der Waals surface area (Å²) in [5.74, 6) is 0. The molecular formula is C15H19ClN4OS. The maximum Gasteiger partial charge on any atom is 0.269 e. The molecule has 0 spiro atoms. The van der Waals surface area contributed by atoms with Crippen LogP contribution in [-0.4, -0.2) is 47.9 Å². The van der Waals surface area contributed by atoms with Gasteiger partial charge in [-0.2, -0.15) is 5.10 Å². The summed E-state index contributed by atoms with van der Waals surface area (Å²) in [5, 5.41) is 4.32. The third-order valence-corrected chi connectivity index (χ3v) is 5.09. The third-order valence-electron chi connectivity index (χ3n) is 3.87. The molecule has 5 nitrogen and oxygen atoms in total. The molecule has 1 aliphatic heterocycles. The molecule has 1 saturated heterocycles. The van der Waals surface area contributed by atoms with Gasteiger partial charge in [0.2, 0.25) is 0 Å². The molecule has 0 radical (unpaired) electrons. The lowest BCUT2D eigenvalue weighted by atomic mass is 10.3.